The van der Waals surface area contributed by atoms with Gasteiger partial charge in [0.05, 0.1) is 5.56 Å². The lowest BCUT2D eigenvalue weighted by Crippen LogP contribution is -2.34. The number of rotatable bonds is 5. The molecule has 1 saturated carbocycles. The minimum atomic E-state index is -0.523. The van der Waals surface area contributed by atoms with Crippen LogP contribution in [0.15, 0.2) is 64.1 Å². The van der Waals surface area contributed by atoms with Gasteiger partial charge in [0.15, 0.2) is 5.17 Å². The molecule has 0 saturated heterocycles. The Hall–Kier alpha value is -2.77. The van der Waals surface area contributed by atoms with Gasteiger partial charge in [0, 0.05) is 30.4 Å². The van der Waals surface area contributed by atoms with E-state index >= 15 is 0 Å². The molecule has 2 aromatic rings. The highest BCUT2D eigenvalue weighted by atomic mass is 35.5. The van der Waals surface area contributed by atoms with E-state index < -0.39 is 5.60 Å². The van der Waals surface area contributed by atoms with E-state index in [-0.39, 0.29) is 24.3 Å². The summed E-state index contributed by atoms with van der Waals surface area (Å²) in [6.07, 6.45) is 4.57. The number of fused-ring (bicyclic) bond motifs is 1. The van der Waals surface area contributed by atoms with Crippen molar-refractivity contribution in [2.75, 3.05) is 18.4 Å². The number of allylic oxidation sites excluding steroid dienone is 1. The van der Waals surface area contributed by atoms with Crippen LogP contribution >= 0.6 is 24.2 Å². The molecule has 190 valence electrons. The summed E-state index contributed by atoms with van der Waals surface area (Å²) >= 11 is 1.52. The zero-order valence-electron chi connectivity index (χ0n) is 20.9. The SMILES string of the molecule is CC(C)(C)OC(=O)c1ccc(-c2ccc(NC(=O)C3=C(C4CCC4)N4CCCN=C4S3)cc2)cc1.Cl. The van der Waals surface area contributed by atoms with Crippen molar-refractivity contribution in [3.05, 3.63) is 64.7 Å². The highest BCUT2D eigenvalue weighted by Gasteiger charge is 2.39. The van der Waals surface area contributed by atoms with Gasteiger partial charge in [-0.25, -0.2) is 4.79 Å². The second kappa shape index (κ2) is 10.7. The summed E-state index contributed by atoms with van der Waals surface area (Å²) in [7, 11) is 0. The molecule has 0 radical (unpaired) electrons. The molecular weight excluding hydrogens is 494 g/mol. The number of nitrogens with zero attached hydrogens (tertiary/aromatic N) is 2. The minimum absolute atomic E-state index is 0. The molecule has 0 bridgehead atoms. The molecule has 1 amide bonds. The molecule has 36 heavy (non-hydrogen) atoms. The Labute approximate surface area is 223 Å². The molecule has 1 aliphatic carbocycles. The number of esters is 1. The van der Waals surface area contributed by atoms with Crippen molar-refractivity contribution in [1.29, 1.82) is 0 Å². The van der Waals surface area contributed by atoms with Crippen LogP contribution in [0.5, 0.6) is 0 Å². The maximum Gasteiger partial charge on any atom is 0.338 e. The molecule has 0 unspecified atom stereocenters. The Balaban J connectivity index is 0.00000304. The number of nitrogens with one attached hydrogen (secondary N) is 1. The average molecular weight is 526 g/mol. The highest BCUT2D eigenvalue weighted by molar-refractivity contribution is 8.18. The topological polar surface area (TPSA) is 71.0 Å². The largest absolute Gasteiger partial charge is 0.456 e. The number of hydrogen-bond acceptors (Lipinski definition) is 6. The fraction of sp³-hybridized carbons (Fsp3) is 0.393. The molecule has 8 heteroatoms. The molecule has 2 aromatic carbocycles. The third kappa shape index (κ3) is 5.62. The predicted molar refractivity (Wildman–Crippen MR) is 149 cm³/mol. The van der Waals surface area contributed by atoms with Crippen molar-refractivity contribution in [1.82, 2.24) is 4.90 Å². The number of aliphatic imine (C=N–C) groups is 1. The van der Waals surface area contributed by atoms with E-state index in [0.717, 1.165) is 59.2 Å². The number of thioether (sulfide) groups is 1. The van der Waals surface area contributed by atoms with Gasteiger partial charge < -0.3 is 15.0 Å². The van der Waals surface area contributed by atoms with Crippen LogP contribution in [0.25, 0.3) is 11.1 Å². The lowest BCUT2D eigenvalue weighted by molar-refractivity contribution is -0.112. The number of carbonyl (C=O) groups is 2. The monoisotopic (exact) mass is 525 g/mol. The first-order valence-corrected chi connectivity index (χ1v) is 13.1. The summed E-state index contributed by atoms with van der Waals surface area (Å²) < 4.78 is 5.43. The minimum Gasteiger partial charge on any atom is -0.456 e. The number of amides is 1. The van der Waals surface area contributed by atoms with E-state index in [1.54, 1.807) is 12.1 Å². The maximum absolute atomic E-state index is 13.3. The summed E-state index contributed by atoms with van der Waals surface area (Å²) in [6, 6.07) is 15.2. The molecule has 0 atom stereocenters. The van der Waals surface area contributed by atoms with E-state index in [1.165, 1.54) is 23.9 Å². The van der Waals surface area contributed by atoms with Crippen LogP contribution in [-0.4, -0.2) is 40.6 Å². The van der Waals surface area contributed by atoms with E-state index in [4.69, 9.17) is 4.74 Å². The molecular formula is C28H32ClN3O3S. The van der Waals surface area contributed by atoms with E-state index in [9.17, 15) is 9.59 Å². The fourth-order valence-corrected chi connectivity index (χ4v) is 5.64. The lowest BCUT2D eigenvalue weighted by atomic mass is 9.82. The number of benzene rings is 2. The van der Waals surface area contributed by atoms with Gasteiger partial charge in [-0.1, -0.05) is 30.7 Å². The Morgan fingerprint density at radius 2 is 1.64 bits per heavy atom. The third-order valence-electron chi connectivity index (χ3n) is 6.43. The molecule has 2 aliphatic heterocycles. The predicted octanol–water partition coefficient (Wildman–Crippen LogP) is 6.49. The van der Waals surface area contributed by atoms with Gasteiger partial charge in [0.1, 0.15) is 10.5 Å². The Bertz CT molecular complexity index is 1200. The van der Waals surface area contributed by atoms with Crippen LogP contribution in [0.2, 0.25) is 0 Å². The lowest BCUT2D eigenvalue weighted by Gasteiger charge is -2.34. The molecule has 1 N–H and O–H groups in total. The summed E-state index contributed by atoms with van der Waals surface area (Å²) in [5.41, 5.74) is 3.94. The van der Waals surface area contributed by atoms with Crippen molar-refractivity contribution >= 4 is 46.9 Å². The average Bonchev–Trinajstić information content (AvgIpc) is 3.17. The molecule has 1 fully saturated rings. The van der Waals surface area contributed by atoms with Gasteiger partial charge in [0.25, 0.3) is 5.91 Å². The highest BCUT2D eigenvalue weighted by Crippen LogP contribution is 2.46. The van der Waals surface area contributed by atoms with Crippen LogP contribution in [0.1, 0.15) is 56.8 Å². The molecule has 0 aromatic heterocycles. The Kier molecular flexibility index (Phi) is 7.81. The van der Waals surface area contributed by atoms with Crippen molar-refractivity contribution < 1.29 is 14.3 Å². The van der Waals surface area contributed by atoms with Crippen LogP contribution in [0.3, 0.4) is 0 Å². The van der Waals surface area contributed by atoms with Crippen molar-refractivity contribution in [2.45, 2.75) is 52.1 Å². The quantitative estimate of drug-likeness (QED) is 0.452. The number of carbonyl (C=O) groups excluding carboxylic acids is 2. The normalized spacial score (nSPS) is 17.5. The standard InChI is InChI=1S/C28H31N3O3S.ClH/c1-28(2,3)34-26(33)21-10-8-18(9-11-21)19-12-14-22(15-13-19)30-25(32)24-23(20-6-4-7-20)31-17-5-16-29-27(31)35-24;/h8-15,20H,4-7,16-17H2,1-3H3,(H,30,32);1H. The second-order valence-electron chi connectivity index (χ2n) is 10.2. The van der Waals surface area contributed by atoms with E-state index in [1.807, 2.05) is 57.2 Å². The zero-order chi connectivity index (χ0) is 24.6. The molecule has 2 heterocycles. The zero-order valence-corrected chi connectivity index (χ0v) is 22.5. The van der Waals surface area contributed by atoms with Crippen molar-refractivity contribution in [2.24, 2.45) is 10.9 Å². The number of anilines is 1. The third-order valence-corrected chi connectivity index (χ3v) is 7.56. The van der Waals surface area contributed by atoms with Crippen molar-refractivity contribution in [3.8, 4) is 11.1 Å². The fourth-order valence-electron chi connectivity index (χ4n) is 4.48. The van der Waals surface area contributed by atoms with Gasteiger partial charge >= 0.3 is 5.97 Å². The van der Waals surface area contributed by atoms with Crippen molar-refractivity contribution in [3.63, 3.8) is 0 Å². The summed E-state index contributed by atoms with van der Waals surface area (Å²) in [4.78, 5) is 33.2. The van der Waals surface area contributed by atoms with Crippen LogP contribution in [0, 0.1) is 5.92 Å². The Morgan fingerprint density at radius 1 is 1.00 bits per heavy atom. The summed E-state index contributed by atoms with van der Waals surface area (Å²) in [5.74, 6) is 0.0909. The number of halogens is 1. The number of ether oxygens (including phenoxy) is 1. The van der Waals surface area contributed by atoms with Gasteiger partial charge in [-0.3, -0.25) is 9.79 Å². The van der Waals surface area contributed by atoms with Crippen LogP contribution in [0.4, 0.5) is 5.69 Å². The molecule has 0 spiro atoms. The smallest absolute Gasteiger partial charge is 0.338 e. The summed E-state index contributed by atoms with van der Waals surface area (Å²) in [5, 5.41) is 4.07. The first-order valence-electron chi connectivity index (χ1n) is 12.3. The number of amidine groups is 1. The maximum atomic E-state index is 13.3. The molecule has 6 nitrogen and oxygen atoms in total. The van der Waals surface area contributed by atoms with Gasteiger partial charge in [-0.15, -0.1) is 12.4 Å². The van der Waals surface area contributed by atoms with Crippen LogP contribution in [-0.2, 0) is 9.53 Å². The second-order valence-corrected chi connectivity index (χ2v) is 11.2. The van der Waals surface area contributed by atoms with Gasteiger partial charge in [-0.05, 0) is 87.2 Å². The van der Waals surface area contributed by atoms with E-state index in [0.29, 0.717) is 11.5 Å². The summed E-state index contributed by atoms with van der Waals surface area (Å²) in [6.45, 7) is 7.36. The first-order chi connectivity index (χ1) is 16.8. The molecule has 5 rings (SSSR count). The van der Waals surface area contributed by atoms with E-state index in [2.05, 4.69) is 15.2 Å². The van der Waals surface area contributed by atoms with Gasteiger partial charge in [-0.2, -0.15) is 0 Å². The Morgan fingerprint density at radius 3 is 2.22 bits per heavy atom. The van der Waals surface area contributed by atoms with Crippen LogP contribution < -0.4 is 5.32 Å². The first kappa shape index (κ1) is 26.3. The van der Waals surface area contributed by atoms with Gasteiger partial charge in [0.2, 0.25) is 0 Å². The number of hydrogen-bond donors (Lipinski definition) is 1. The molecule has 3 aliphatic rings.